The van der Waals surface area contributed by atoms with Gasteiger partial charge < -0.3 is 0 Å². The summed E-state index contributed by atoms with van der Waals surface area (Å²) in [5.74, 6) is 0. The van der Waals surface area contributed by atoms with E-state index < -0.39 is 6.04 Å². The first-order chi connectivity index (χ1) is 10.1. The van der Waals surface area contributed by atoms with Crippen LogP contribution in [0.3, 0.4) is 0 Å². The van der Waals surface area contributed by atoms with Gasteiger partial charge in [-0.3, -0.25) is 0 Å². The Kier molecular flexibility index (Phi) is 7.08. The minimum absolute atomic E-state index is 0.949. The highest BCUT2D eigenvalue weighted by molar-refractivity contribution is 8.22. The van der Waals surface area contributed by atoms with Crippen molar-refractivity contribution in [1.82, 2.24) is 0 Å². The molecule has 0 aromatic heterocycles. The van der Waals surface area contributed by atoms with Crippen LogP contribution in [0.15, 0.2) is 103 Å². The zero-order valence-corrected chi connectivity index (χ0v) is 14.1. The Labute approximate surface area is 133 Å². The molecule has 0 saturated carbocycles. The SMILES string of the molecule is C=CC=CC(=C)P(=S)(/C(C=CC=C)=C/C)c1ccccc1. The molecule has 0 aliphatic carbocycles. The molecule has 0 bridgehead atoms. The Morgan fingerprint density at radius 1 is 1.05 bits per heavy atom. The van der Waals surface area contributed by atoms with E-state index in [9.17, 15) is 0 Å². The maximum atomic E-state index is 6.11. The van der Waals surface area contributed by atoms with Crippen LogP contribution in [0.5, 0.6) is 0 Å². The second-order valence-corrected chi connectivity index (χ2v) is 8.81. The van der Waals surface area contributed by atoms with Crippen LogP contribution in [-0.4, -0.2) is 0 Å². The van der Waals surface area contributed by atoms with Gasteiger partial charge in [0, 0.05) is 6.04 Å². The molecule has 21 heavy (non-hydrogen) atoms. The van der Waals surface area contributed by atoms with E-state index in [1.54, 1.807) is 12.2 Å². The molecule has 0 fully saturated rings. The Hall–Kier alpha value is -1.69. The molecule has 2 heteroatoms. The average molecular weight is 312 g/mol. The smallest absolute Gasteiger partial charge is 0.0370 e. The van der Waals surface area contributed by atoms with E-state index in [0.717, 1.165) is 15.9 Å². The summed E-state index contributed by atoms with van der Waals surface area (Å²) in [6, 6.07) is 8.10. The Balaban J connectivity index is 3.49. The highest BCUT2D eigenvalue weighted by atomic mass is 32.4. The fourth-order valence-corrected chi connectivity index (χ4v) is 5.51. The molecule has 108 valence electrons. The lowest BCUT2D eigenvalue weighted by Gasteiger charge is -2.25. The largest absolute Gasteiger partial charge is 0.0991 e. The third-order valence-corrected chi connectivity index (χ3v) is 8.10. The highest BCUT2D eigenvalue weighted by Crippen LogP contribution is 2.60. The first-order valence-electron chi connectivity index (χ1n) is 6.71. The Morgan fingerprint density at radius 3 is 2.14 bits per heavy atom. The molecule has 0 saturated heterocycles. The molecule has 0 nitrogen and oxygen atoms in total. The third-order valence-electron chi connectivity index (χ3n) is 3.01. The fourth-order valence-electron chi connectivity index (χ4n) is 1.95. The van der Waals surface area contributed by atoms with Crippen molar-refractivity contribution in [2.45, 2.75) is 6.92 Å². The molecule has 1 rings (SSSR count). The van der Waals surface area contributed by atoms with Crippen LogP contribution < -0.4 is 5.30 Å². The van der Waals surface area contributed by atoms with Crippen molar-refractivity contribution in [1.29, 1.82) is 0 Å². The number of hydrogen-bond acceptors (Lipinski definition) is 1. The predicted octanol–water partition coefficient (Wildman–Crippen LogP) is 5.69. The number of benzene rings is 1. The van der Waals surface area contributed by atoms with Crippen molar-refractivity contribution in [2.75, 3.05) is 0 Å². The van der Waals surface area contributed by atoms with Crippen LogP contribution >= 0.6 is 6.04 Å². The Bertz CT molecular complexity index is 645. The quantitative estimate of drug-likeness (QED) is 0.460. The molecular formula is C19H21PS. The van der Waals surface area contributed by atoms with Crippen molar-refractivity contribution in [3.63, 3.8) is 0 Å². The van der Waals surface area contributed by atoms with Gasteiger partial charge in [-0.1, -0.05) is 104 Å². The normalized spacial score (nSPS) is 15.0. The summed E-state index contributed by atoms with van der Waals surface area (Å²) in [7, 11) is 0. The average Bonchev–Trinajstić information content (AvgIpc) is 2.53. The summed E-state index contributed by atoms with van der Waals surface area (Å²) in [6.45, 7) is 13.7. The van der Waals surface area contributed by atoms with Crippen LogP contribution in [0.2, 0.25) is 0 Å². The third kappa shape index (κ3) is 4.14. The van der Waals surface area contributed by atoms with Gasteiger partial charge in [-0.05, 0) is 22.9 Å². The van der Waals surface area contributed by atoms with Crippen molar-refractivity contribution in [2.24, 2.45) is 0 Å². The van der Waals surface area contributed by atoms with Crippen LogP contribution in [0, 0.1) is 0 Å². The highest BCUT2D eigenvalue weighted by Gasteiger charge is 2.24. The topological polar surface area (TPSA) is 0 Å². The summed E-state index contributed by atoms with van der Waals surface area (Å²) in [6.07, 6.45) is 13.4. The van der Waals surface area contributed by atoms with Gasteiger partial charge in [-0.15, -0.1) is 0 Å². The van der Waals surface area contributed by atoms with Crippen molar-refractivity contribution in [3.8, 4) is 0 Å². The van der Waals surface area contributed by atoms with E-state index in [-0.39, 0.29) is 0 Å². The van der Waals surface area contributed by atoms with Gasteiger partial charge in [-0.25, -0.2) is 0 Å². The van der Waals surface area contributed by atoms with E-state index in [1.807, 2.05) is 49.4 Å². The molecule has 0 radical (unpaired) electrons. The van der Waals surface area contributed by atoms with Crippen molar-refractivity contribution < 1.29 is 0 Å². The van der Waals surface area contributed by atoms with Gasteiger partial charge in [0.25, 0.3) is 0 Å². The van der Waals surface area contributed by atoms with E-state index >= 15 is 0 Å². The van der Waals surface area contributed by atoms with Gasteiger partial charge in [0.05, 0.1) is 0 Å². The maximum absolute atomic E-state index is 6.11. The molecule has 0 N–H and O–H groups in total. The second-order valence-electron chi connectivity index (χ2n) is 4.34. The molecule has 1 aromatic rings. The standard InChI is InChI=1S/C19H21PS/c1-5-8-13-17(4)20(21,18(7-3)14-9-6-2)19-15-11-10-12-16-19/h5-16H,1-2,4H2,3H3/b13-8?,14-9?,18-7+. The summed E-state index contributed by atoms with van der Waals surface area (Å²) >= 11 is 6.11. The molecule has 1 unspecified atom stereocenters. The summed E-state index contributed by atoms with van der Waals surface area (Å²) in [4.78, 5) is 0. The zero-order valence-electron chi connectivity index (χ0n) is 12.4. The summed E-state index contributed by atoms with van der Waals surface area (Å²) < 4.78 is 0. The van der Waals surface area contributed by atoms with E-state index in [2.05, 4.69) is 37.9 Å². The molecule has 0 aliphatic rings. The molecule has 0 amide bonds. The first-order valence-corrected chi connectivity index (χ1v) is 9.51. The predicted molar refractivity (Wildman–Crippen MR) is 102 cm³/mol. The molecule has 1 atom stereocenters. The lowest BCUT2D eigenvalue weighted by Crippen LogP contribution is -2.06. The van der Waals surface area contributed by atoms with Gasteiger partial charge in [0.2, 0.25) is 0 Å². The van der Waals surface area contributed by atoms with Gasteiger partial charge in [0.1, 0.15) is 0 Å². The van der Waals surface area contributed by atoms with Crippen molar-refractivity contribution in [3.05, 3.63) is 103 Å². The second kappa shape index (κ2) is 8.56. The van der Waals surface area contributed by atoms with Crippen LogP contribution in [0.4, 0.5) is 0 Å². The number of allylic oxidation sites excluding steroid dienone is 9. The minimum atomic E-state index is -2.10. The van der Waals surface area contributed by atoms with Crippen LogP contribution in [-0.2, 0) is 11.8 Å². The van der Waals surface area contributed by atoms with E-state index in [0.29, 0.717) is 0 Å². The lowest BCUT2D eigenvalue weighted by molar-refractivity contribution is 1.68. The summed E-state index contributed by atoms with van der Waals surface area (Å²) in [5.41, 5.74) is 0. The maximum Gasteiger partial charge on any atom is 0.0370 e. The molecule has 1 aromatic carbocycles. The zero-order chi connectivity index (χ0) is 15.7. The lowest BCUT2D eigenvalue weighted by atomic mass is 10.4. The summed E-state index contributed by atoms with van der Waals surface area (Å²) in [5, 5.41) is 3.20. The molecular weight excluding hydrogens is 291 g/mol. The molecule has 0 spiro atoms. The minimum Gasteiger partial charge on any atom is -0.0991 e. The monoisotopic (exact) mass is 312 g/mol. The van der Waals surface area contributed by atoms with Gasteiger partial charge in [0.15, 0.2) is 0 Å². The Morgan fingerprint density at radius 2 is 1.62 bits per heavy atom. The van der Waals surface area contributed by atoms with Gasteiger partial charge in [-0.2, -0.15) is 0 Å². The fraction of sp³-hybridized carbons (Fsp3) is 0.0526. The van der Waals surface area contributed by atoms with Crippen molar-refractivity contribution >= 4 is 23.1 Å². The number of hydrogen-bond donors (Lipinski definition) is 0. The molecule has 0 aliphatic heterocycles. The van der Waals surface area contributed by atoms with Crippen LogP contribution in [0.25, 0.3) is 0 Å². The van der Waals surface area contributed by atoms with E-state index in [1.165, 1.54) is 0 Å². The first kappa shape index (κ1) is 17.4. The van der Waals surface area contributed by atoms with Gasteiger partial charge >= 0.3 is 0 Å². The van der Waals surface area contributed by atoms with E-state index in [4.69, 9.17) is 11.8 Å². The number of rotatable bonds is 7. The molecule has 0 heterocycles. The van der Waals surface area contributed by atoms with Crippen LogP contribution in [0.1, 0.15) is 6.92 Å².